The fraction of sp³-hybridized carbons (Fsp3) is 0.857. The van der Waals surface area contributed by atoms with E-state index in [9.17, 15) is 9.59 Å². The zero-order chi connectivity index (χ0) is 13.8. The van der Waals surface area contributed by atoms with Crippen molar-refractivity contribution in [2.24, 2.45) is 0 Å². The summed E-state index contributed by atoms with van der Waals surface area (Å²) in [6.07, 6.45) is 5.82. The first-order valence-corrected chi connectivity index (χ1v) is 7.43. The second-order valence-electron chi connectivity index (χ2n) is 5.89. The molecular formula is C14H25N3O2. The molecule has 0 aromatic rings. The normalized spacial score (nSPS) is 21.9. The standard InChI is InChI=1S/C14H25N3O2/c1-11(2)17-9-8-16(10-13(17)18)14(19)15-12-6-4-3-5-7-12/h11-12H,3-10H2,1-2H3,(H,15,19). The van der Waals surface area contributed by atoms with Crippen molar-refractivity contribution in [3.63, 3.8) is 0 Å². The molecule has 0 unspecified atom stereocenters. The SMILES string of the molecule is CC(C)N1CCN(C(=O)NC2CCCCC2)CC1=O. The first-order valence-electron chi connectivity index (χ1n) is 7.43. The number of nitrogens with one attached hydrogen (secondary N) is 1. The van der Waals surface area contributed by atoms with Gasteiger partial charge in [-0.25, -0.2) is 4.79 Å². The largest absolute Gasteiger partial charge is 0.337 e. The summed E-state index contributed by atoms with van der Waals surface area (Å²) in [5.41, 5.74) is 0. The summed E-state index contributed by atoms with van der Waals surface area (Å²) in [5, 5.41) is 3.07. The minimum atomic E-state index is -0.0661. The van der Waals surface area contributed by atoms with E-state index < -0.39 is 0 Å². The lowest BCUT2D eigenvalue weighted by Gasteiger charge is -2.37. The molecule has 0 radical (unpaired) electrons. The Morgan fingerprint density at radius 3 is 2.47 bits per heavy atom. The molecule has 0 atom stereocenters. The van der Waals surface area contributed by atoms with E-state index in [4.69, 9.17) is 0 Å². The van der Waals surface area contributed by atoms with Gasteiger partial charge < -0.3 is 15.1 Å². The van der Waals surface area contributed by atoms with E-state index in [1.807, 2.05) is 18.7 Å². The Labute approximate surface area is 115 Å². The topological polar surface area (TPSA) is 52.6 Å². The molecule has 2 rings (SSSR count). The molecule has 108 valence electrons. The maximum absolute atomic E-state index is 12.1. The Hall–Kier alpha value is -1.26. The van der Waals surface area contributed by atoms with Crippen LogP contribution in [0.3, 0.4) is 0 Å². The molecule has 1 N–H and O–H groups in total. The second-order valence-corrected chi connectivity index (χ2v) is 5.89. The number of hydrogen-bond donors (Lipinski definition) is 1. The van der Waals surface area contributed by atoms with Gasteiger partial charge in [-0.3, -0.25) is 4.79 Å². The van der Waals surface area contributed by atoms with Gasteiger partial charge in [0.25, 0.3) is 0 Å². The van der Waals surface area contributed by atoms with Crippen LogP contribution in [-0.2, 0) is 4.79 Å². The summed E-state index contributed by atoms with van der Waals surface area (Å²) in [6.45, 7) is 5.53. The Morgan fingerprint density at radius 2 is 1.89 bits per heavy atom. The lowest BCUT2D eigenvalue weighted by atomic mass is 9.96. The number of hydrogen-bond acceptors (Lipinski definition) is 2. The van der Waals surface area contributed by atoms with Crippen LogP contribution in [0, 0.1) is 0 Å². The molecule has 3 amide bonds. The minimum Gasteiger partial charge on any atom is -0.337 e. The van der Waals surface area contributed by atoms with Gasteiger partial charge in [-0.2, -0.15) is 0 Å². The summed E-state index contributed by atoms with van der Waals surface area (Å²) in [6, 6.07) is 0.458. The van der Waals surface area contributed by atoms with Crippen molar-refractivity contribution in [3.05, 3.63) is 0 Å². The third-order valence-electron chi connectivity index (χ3n) is 4.10. The van der Waals surface area contributed by atoms with Crippen molar-refractivity contribution in [1.82, 2.24) is 15.1 Å². The van der Waals surface area contributed by atoms with Crippen LogP contribution in [0.5, 0.6) is 0 Å². The fourth-order valence-electron chi connectivity index (χ4n) is 2.92. The molecule has 0 spiro atoms. The third kappa shape index (κ3) is 3.61. The molecular weight excluding hydrogens is 242 g/mol. The van der Waals surface area contributed by atoms with Crippen LogP contribution >= 0.6 is 0 Å². The average Bonchev–Trinajstić information content (AvgIpc) is 2.39. The molecule has 1 saturated heterocycles. The maximum Gasteiger partial charge on any atom is 0.318 e. The van der Waals surface area contributed by atoms with E-state index in [-0.39, 0.29) is 24.5 Å². The summed E-state index contributed by atoms with van der Waals surface area (Å²) in [4.78, 5) is 27.6. The lowest BCUT2D eigenvalue weighted by molar-refractivity contribution is -0.136. The molecule has 1 aliphatic heterocycles. The highest BCUT2D eigenvalue weighted by Gasteiger charge is 2.29. The van der Waals surface area contributed by atoms with Crippen LogP contribution in [0.2, 0.25) is 0 Å². The van der Waals surface area contributed by atoms with E-state index in [0.717, 1.165) is 12.8 Å². The summed E-state index contributed by atoms with van der Waals surface area (Å²) < 4.78 is 0. The van der Waals surface area contributed by atoms with Crippen molar-refractivity contribution >= 4 is 11.9 Å². The maximum atomic E-state index is 12.1. The smallest absolute Gasteiger partial charge is 0.318 e. The van der Waals surface area contributed by atoms with Crippen molar-refractivity contribution < 1.29 is 9.59 Å². The van der Waals surface area contributed by atoms with Gasteiger partial charge in [0.05, 0.1) is 0 Å². The molecule has 0 bridgehead atoms. The van der Waals surface area contributed by atoms with Crippen molar-refractivity contribution in [1.29, 1.82) is 0 Å². The highest BCUT2D eigenvalue weighted by atomic mass is 16.2. The van der Waals surface area contributed by atoms with Gasteiger partial charge in [-0.05, 0) is 26.7 Å². The van der Waals surface area contributed by atoms with Crippen LogP contribution in [0.15, 0.2) is 0 Å². The molecule has 1 saturated carbocycles. The van der Waals surface area contributed by atoms with Crippen LogP contribution in [0.25, 0.3) is 0 Å². The second kappa shape index (κ2) is 6.26. The van der Waals surface area contributed by atoms with E-state index in [0.29, 0.717) is 19.1 Å². The summed E-state index contributed by atoms with van der Waals surface area (Å²) >= 11 is 0. The zero-order valence-corrected chi connectivity index (χ0v) is 12.0. The Bertz CT molecular complexity index is 338. The van der Waals surface area contributed by atoms with Gasteiger partial charge >= 0.3 is 6.03 Å². The van der Waals surface area contributed by atoms with Gasteiger partial charge in [0.2, 0.25) is 5.91 Å². The number of rotatable bonds is 2. The van der Waals surface area contributed by atoms with Crippen LogP contribution in [0.1, 0.15) is 46.0 Å². The predicted molar refractivity (Wildman–Crippen MR) is 73.8 cm³/mol. The van der Waals surface area contributed by atoms with Gasteiger partial charge in [-0.1, -0.05) is 19.3 Å². The van der Waals surface area contributed by atoms with E-state index in [1.54, 1.807) is 4.90 Å². The van der Waals surface area contributed by atoms with Crippen molar-refractivity contribution in [2.45, 2.75) is 58.0 Å². The van der Waals surface area contributed by atoms with Gasteiger partial charge in [-0.15, -0.1) is 0 Å². The molecule has 1 aliphatic carbocycles. The monoisotopic (exact) mass is 267 g/mol. The zero-order valence-electron chi connectivity index (χ0n) is 12.0. The highest BCUT2D eigenvalue weighted by molar-refractivity contribution is 5.85. The quantitative estimate of drug-likeness (QED) is 0.826. The van der Waals surface area contributed by atoms with Gasteiger partial charge in [0.15, 0.2) is 0 Å². The number of amides is 3. The molecule has 0 aromatic carbocycles. The van der Waals surface area contributed by atoms with E-state index in [2.05, 4.69) is 5.32 Å². The van der Waals surface area contributed by atoms with Crippen molar-refractivity contribution in [3.8, 4) is 0 Å². The number of carbonyl (C=O) groups excluding carboxylic acids is 2. The van der Waals surface area contributed by atoms with E-state index in [1.165, 1.54) is 19.3 Å². The van der Waals surface area contributed by atoms with Crippen molar-refractivity contribution in [2.75, 3.05) is 19.6 Å². The van der Waals surface area contributed by atoms with Crippen LogP contribution < -0.4 is 5.32 Å². The minimum absolute atomic E-state index is 0.0556. The Kier molecular flexibility index (Phi) is 4.66. The molecule has 1 heterocycles. The highest BCUT2D eigenvalue weighted by Crippen LogP contribution is 2.18. The van der Waals surface area contributed by atoms with Gasteiger partial charge in [0, 0.05) is 25.2 Å². The number of carbonyl (C=O) groups is 2. The van der Waals surface area contributed by atoms with E-state index >= 15 is 0 Å². The molecule has 2 fully saturated rings. The first-order chi connectivity index (χ1) is 9.08. The van der Waals surface area contributed by atoms with Crippen LogP contribution in [0.4, 0.5) is 4.79 Å². The molecule has 19 heavy (non-hydrogen) atoms. The summed E-state index contributed by atoms with van der Waals surface area (Å²) in [7, 11) is 0. The number of nitrogens with zero attached hydrogens (tertiary/aromatic N) is 2. The lowest BCUT2D eigenvalue weighted by Crippen LogP contribution is -2.57. The number of urea groups is 1. The average molecular weight is 267 g/mol. The first kappa shape index (κ1) is 14.2. The van der Waals surface area contributed by atoms with Crippen LogP contribution in [-0.4, -0.2) is 53.5 Å². The molecule has 2 aliphatic rings. The Morgan fingerprint density at radius 1 is 1.21 bits per heavy atom. The predicted octanol–water partition coefficient (Wildman–Crippen LogP) is 1.58. The Balaban J connectivity index is 1.82. The molecule has 5 heteroatoms. The third-order valence-corrected chi connectivity index (χ3v) is 4.10. The van der Waals surface area contributed by atoms with Gasteiger partial charge in [0.1, 0.15) is 6.54 Å². The molecule has 5 nitrogen and oxygen atoms in total. The molecule has 0 aromatic heterocycles. The fourth-order valence-corrected chi connectivity index (χ4v) is 2.92. The summed E-state index contributed by atoms with van der Waals surface area (Å²) in [5.74, 6) is 0.0556. The number of piperazine rings is 1.